The van der Waals surface area contributed by atoms with E-state index in [-0.39, 0.29) is 17.4 Å². The number of hydrogen-bond donors (Lipinski definition) is 1. The molecule has 0 saturated heterocycles. The lowest BCUT2D eigenvalue weighted by molar-refractivity contribution is -0.389. The molecule has 33 heavy (non-hydrogen) atoms. The number of nitrogens with zero attached hydrogens (tertiary/aromatic N) is 5. The van der Waals surface area contributed by atoms with Crippen molar-refractivity contribution in [2.75, 3.05) is 26.2 Å². The summed E-state index contributed by atoms with van der Waals surface area (Å²) in [5, 5.41) is 13.5. The molecule has 172 valence electrons. The highest BCUT2D eigenvalue weighted by atomic mass is 19.1. The van der Waals surface area contributed by atoms with Crippen molar-refractivity contribution in [3.8, 4) is 17.3 Å². The van der Waals surface area contributed by atoms with Crippen molar-refractivity contribution in [2.45, 2.75) is 20.0 Å². The Labute approximate surface area is 189 Å². The van der Waals surface area contributed by atoms with Crippen molar-refractivity contribution in [1.29, 1.82) is 0 Å². The quantitative estimate of drug-likeness (QED) is 0.450. The maximum Gasteiger partial charge on any atom is 0.414 e. The van der Waals surface area contributed by atoms with E-state index in [2.05, 4.69) is 20.2 Å². The number of carbonyl (C=O) groups is 1. The number of imidazole rings is 1. The third-order valence-corrected chi connectivity index (χ3v) is 5.25. The molecule has 3 aromatic rings. The second kappa shape index (κ2) is 9.74. The Morgan fingerprint density at radius 1 is 1.24 bits per heavy atom. The minimum atomic E-state index is -0.600. The van der Waals surface area contributed by atoms with E-state index in [0.29, 0.717) is 50.6 Å². The fraction of sp³-hybridized carbons (Fsp3) is 0.318. The molecule has 1 aliphatic heterocycles. The molecule has 0 radical (unpaired) electrons. The van der Waals surface area contributed by atoms with E-state index in [1.165, 1.54) is 18.3 Å². The number of rotatable bonds is 6. The first kappa shape index (κ1) is 22.3. The van der Waals surface area contributed by atoms with Gasteiger partial charge in [-0.25, -0.2) is 4.39 Å². The van der Waals surface area contributed by atoms with Crippen molar-refractivity contribution in [3.05, 3.63) is 69.8 Å². The summed E-state index contributed by atoms with van der Waals surface area (Å²) >= 11 is 0. The Kier molecular flexibility index (Phi) is 6.59. The van der Waals surface area contributed by atoms with Gasteiger partial charge in [0.1, 0.15) is 18.6 Å². The molecule has 0 atom stereocenters. The molecule has 0 bridgehead atoms. The Morgan fingerprint density at radius 2 is 2.09 bits per heavy atom. The summed E-state index contributed by atoms with van der Waals surface area (Å²) in [6.45, 7) is 4.78. The predicted octanol–water partition coefficient (Wildman–Crippen LogP) is 2.64. The molecule has 0 unspecified atom stereocenters. The number of benzene rings is 1. The maximum absolute atomic E-state index is 14.5. The van der Waals surface area contributed by atoms with Crippen LogP contribution in [0.3, 0.4) is 0 Å². The molecule has 1 aromatic carbocycles. The molecule has 3 heterocycles. The number of fused-ring (bicyclic) bond motifs is 1. The second-order valence-corrected chi connectivity index (χ2v) is 7.53. The van der Waals surface area contributed by atoms with Gasteiger partial charge in [-0.1, -0.05) is 12.1 Å². The van der Waals surface area contributed by atoms with Gasteiger partial charge in [0.25, 0.3) is 5.91 Å². The molecule has 1 aliphatic rings. The SMILES string of the molecule is CCNC(=O)c1ccc(-c2cccc(CN3CCOc4nc([N+](=O)[O-])cn4CC3)n2)cc1F. The number of amides is 1. The standard InChI is InChI=1S/C22H23FN6O4/c1-2-24-21(30)17-7-6-15(12-18(17)23)19-5-3-4-16(25-19)13-27-8-9-28-14-20(29(31)32)26-22(28)33-11-10-27/h3-7,12,14H,2,8-11,13H2,1H3,(H,24,30). The number of ether oxygens (including phenoxy) is 1. The van der Waals surface area contributed by atoms with Gasteiger partial charge in [0.15, 0.2) is 0 Å². The summed E-state index contributed by atoms with van der Waals surface area (Å²) in [6, 6.07) is 10.2. The third kappa shape index (κ3) is 5.14. The molecular weight excluding hydrogens is 431 g/mol. The van der Waals surface area contributed by atoms with Crippen LogP contribution in [-0.2, 0) is 13.1 Å². The summed E-state index contributed by atoms with van der Waals surface area (Å²) < 4.78 is 21.7. The van der Waals surface area contributed by atoms with Gasteiger partial charge in [-0.3, -0.25) is 19.2 Å². The van der Waals surface area contributed by atoms with E-state index in [9.17, 15) is 19.3 Å². The smallest absolute Gasteiger partial charge is 0.414 e. The van der Waals surface area contributed by atoms with Crippen LogP contribution in [0.25, 0.3) is 11.3 Å². The van der Waals surface area contributed by atoms with Crippen LogP contribution in [0.15, 0.2) is 42.6 Å². The van der Waals surface area contributed by atoms with Crippen molar-refractivity contribution in [2.24, 2.45) is 0 Å². The van der Waals surface area contributed by atoms with Crippen LogP contribution in [-0.4, -0.2) is 56.5 Å². The monoisotopic (exact) mass is 454 g/mol. The van der Waals surface area contributed by atoms with E-state index in [0.717, 1.165) is 5.69 Å². The van der Waals surface area contributed by atoms with Crippen LogP contribution < -0.4 is 10.1 Å². The van der Waals surface area contributed by atoms with Gasteiger partial charge in [-0.2, -0.15) is 0 Å². The van der Waals surface area contributed by atoms with E-state index in [1.807, 2.05) is 12.1 Å². The molecule has 2 aromatic heterocycles. The lowest BCUT2D eigenvalue weighted by atomic mass is 10.1. The molecule has 0 fully saturated rings. The number of nitro groups is 1. The fourth-order valence-electron chi connectivity index (χ4n) is 3.61. The zero-order valence-electron chi connectivity index (χ0n) is 18.0. The minimum Gasteiger partial charge on any atom is -0.444 e. The third-order valence-electron chi connectivity index (χ3n) is 5.25. The number of pyridine rings is 1. The largest absolute Gasteiger partial charge is 0.444 e. The van der Waals surface area contributed by atoms with Crippen molar-refractivity contribution in [1.82, 2.24) is 24.8 Å². The Morgan fingerprint density at radius 3 is 2.85 bits per heavy atom. The van der Waals surface area contributed by atoms with Gasteiger partial charge in [-0.05, 0) is 36.1 Å². The number of halogens is 1. The van der Waals surface area contributed by atoms with Crippen LogP contribution in [0, 0.1) is 15.9 Å². The number of aromatic nitrogens is 3. The molecule has 0 saturated carbocycles. The summed E-state index contributed by atoms with van der Waals surface area (Å²) in [5.41, 5.74) is 1.97. The van der Waals surface area contributed by atoms with Crippen LogP contribution in [0.1, 0.15) is 23.0 Å². The lowest BCUT2D eigenvalue weighted by Crippen LogP contribution is -2.33. The first-order valence-electron chi connectivity index (χ1n) is 10.6. The Bertz CT molecular complexity index is 1180. The highest BCUT2D eigenvalue weighted by Crippen LogP contribution is 2.22. The highest BCUT2D eigenvalue weighted by molar-refractivity contribution is 5.94. The van der Waals surface area contributed by atoms with Crippen LogP contribution in [0.2, 0.25) is 0 Å². The molecule has 4 rings (SSSR count). The molecule has 11 heteroatoms. The van der Waals surface area contributed by atoms with Gasteiger partial charge in [0.2, 0.25) is 0 Å². The van der Waals surface area contributed by atoms with Crippen LogP contribution >= 0.6 is 0 Å². The average molecular weight is 454 g/mol. The first-order chi connectivity index (χ1) is 15.9. The van der Waals surface area contributed by atoms with Gasteiger partial charge >= 0.3 is 11.8 Å². The molecule has 10 nitrogen and oxygen atoms in total. The van der Waals surface area contributed by atoms with E-state index >= 15 is 0 Å². The minimum absolute atomic E-state index is 0.00325. The zero-order valence-corrected chi connectivity index (χ0v) is 18.0. The van der Waals surface area contributed by atoms with E-state index < -0.39 is 16.6 Å². The average Bonchev–Trinajstić information content (AvgIpc) is 3.18. The number of nitrogens with one attached hydrogen (secondary N) is 1. The molecule has 0 spiro atoms. The van der Waals surface area contributed by atoms with Gasteiger partial charge in [-0.15, -0.1) is 0 Å². The lowest BCUT2D eigenvalue weighted by Gasteiger charge is -2.24. The van der Waals surface area contributed by atoms with Gasteiger partial charge in [0.05, 0.1) is 17.0 Å². The first-order valence-corrected chi connectivity index (χ1v) is 10.6. The van der Waals surface area contributed by atoms with E-state index in [1.54, 1.807) is 23.6 Å². The van der Waals surface area contributed by atoms with Gasteiger partial charge < -0.3 is 20.2 Å². The molecular formula is C22H23FN6O4. The van der Waals surface area contributed by atoms with E-state index in [4.69, 9.17) is 4.74 Å². The summed E-state index contributed by atoms with van der Waals surface area (Å²) in [4.78, 5) is 33.0. The number of hydrogen-bond acceptors (Lipinski definition) is 7. The van der Waals surface area contributed by atoms with Crippen LogP contribution in [0.4, 0.5) is 10.2 Å². The zero-order chi connectivity index (χ0) is 23.4. The maximum atomic E-state index is 14.5. The van der Waals surface area contributed by atoms with Crippen LogP contribution in [0.5, 0.6) is 6.01 Å². The normalized spacial score (nSPS) is 14.0. The predicted molar refractivity (Wildman–Crippen MR) is 117 cm³/mol. The number of carbonyl (C=O) groups excluding carboxylic acids is 1. The Hall–Kier alpha value is -3.86. The summed E-state index contributed by atoms with van der Waals surface area (Å²) in [6.07, 6.45) is 1.37. The summed E-state index contributed by atoms with van der Waals surface area (Å²) in [7, 11) is 0. The molecule has 1 amide bonds. The van der Waals surface area contributed by atoms with Crippen molar-refractivity contribution < 1.29 is 18.8 Å². The topological polar surface area (TPSA) is 115 Å². The van der Waals surface area contributed by atoms with Gasteiger partial charge in [0, 0.05) is 43.3 Å². The Balaban J connectivity index is 1.46. The van der Waals surface area contributed by atoms with Crippen molar-refractivity contribution >= 4 is 11.7 Å². The highest BCUT2D eigenvalue weighted by Gasteiger charge is 2.23. The second-order valence-electron chi connectivity index (χ2n) is 7.53. The molecule has 0 aliphatic carbocycles. The van der Waals surface area contributed by atoms with Crippen molar-refractivity contribution in [3.63, 3.8) is 0 Å². The fourth-order valence-corrected chi connectivity index (χ4v) is 3.61. The summed E-state index contributed by atoms with van der Waals surface area (Å²) in [5.74, 6) is -1.29. The molecule has 1 N–H and O–H groups in total.